The van der Waals surface area contributed by atoms with Crippen LogP contribution in [0, 0.1) is 20.8 Å². The molecule has 1 aliphatic heterocycles. The molecule has 220 valence electrons. The molecule has 3 aromatic carbocycles. The molecular formula is C29H34ClN3O6S2. The number of morpholine rings is 1. The maximum absolute atomic E-state index is 13.9. The fourth-order valence-electron chi connectivity index (χ4n) is 4.85. The van der Waals surface area contributed by atoms with Gasteiger partial charge in [0.15, 0.2) is 0 Å². The van der Waals surface area contributed by atoms with Gasteiger partial charge < -0.3 is 10.1 Å². The fourth-order valence-corrected chi connectivity index (χ4v) is 8.18. The molecule has 1 amide bonds. The molecule has 4 rings (SSSR count). The van der Waals surface area contributed by atoms with E-state index in [0.29, 0.717) is 53.6 Å². The number of hydrogen-bond acceptors (Lipinski definition) is 6. The molecule has 0 bridgehead atoms. The molecule has 3 aromatic rings. The Bertz CT molecular complexity index is 1580. The van der Waals surface area contributed by atoms with E-state index in [-0.39, 0.29) is 22.9 Å². The summed E-state index contributed by atoms with van der Waals surface area (Å²) in [5.41, 5.74) is 3.53. The minimum atomic E-state index is -4.04. The molecule has 0 aromatic heterocycles. The molecule has 1 N–H and O–H groups in total. The Morgan fingerprint density at radius 3 is 2.05 bits per heavy atom. The largest absolute Gasteiger partial charge is 0.379 e. The van der Waals surface area contributed by atoms with Gasteiger partial charge in [0, 0.05) is 31.2 Å². The summed E-state index contributed by atoms with van der Waals surface area (Å²) in [7, 11) is -7.67. The summed E-state index contributed by atoms with van der Waals surface area (Å²) >= 11 is 6.01. The highest BCUT2D eigenvalue weighted by Gasteiger charge is 2.30. The SMILES string of the molecule is Cc1cc(C)c(S(=O)(=O)N(CC(=O)NCc2ccc(S(=O)(=O)N3CCOCC3)cc2)Cc2ccc(Cl)cc2)c(C)c1. The monoisotopic (exact) mass is 619 g/mol. The van der Waals surface area contributed by atoms with Crippen LogP contribution < -0.4 is 5.32 Å². The lowest BCUT2D eigenvalue weighted by Crippen LogP contribution is -2.40. The molecule has 0 unspecified atom stereocenters. The van der Waals surface area contributed by atoms with Crippen molar-refractivity contribution in [2.24, 2.45) is 0 Å². The molecule has 0 spiro atoms. The van der Waals surface area contributed by atoms with Gasteiger partial charge in [-0.1, -0.05) is 53.6 Å². The van der Waals surface area contributed by atoms with Gasteiger partial charge in [-0.2, -0.15) is 8.61 Å². The molecule has 0 atom stereocenters. The number of nitrogens with zero attached hydrogens (tertiary/aromatic N) is 2. The van der Waals surface area contributed by atoms with Crippen LogP contribution in [0.4, 0.5) is 0 Å². The number of carbonyl (C=O) groups excluding carboxylic acids is 1. The first kappa shape index (κ1) is 31.1. The van der Waals surface area contributed by atoms with Crippen LogP contribution >= 0.6 is 11.6 Å². The van der Waals surface area contributed by atoms with E-state index >= 15 is 0 Å². The average molecular weight is 620 g/mol. The van der Waals surface area contributed by atoms with E-state index < -0.39 is 32.5 Å². The summed E-state index contributed by atoms with van der Waals surface area (Å²) < 4.78 is 61.3. The Labute approximate surface area is 247 Å². The van der Waals surface area contributed by atoms with Gasteiger partial charge in [-0.05, 0) is 67.3 Å². The van der Waals surface area contributed by atoms with E-state index in [1.165, 1.54) is 16.4 Å². The van der Waals surface area contributed by atoms with E-state index in [0.717, 1.165) is 9.87 Å². The summed E-state index contributed by atoms with van der Waals surface area (Å²) in [6, 6.07) is 16.7. The number of benzene rings is 3. The molecule has 9 nitrogen and oxygen atoms in total. The van der Waals surface area contributed by atoms with Crippen LogP contribution in [0.5, 0.6) is 0 Å². The third-order valence-corrected chi connectivity index (χ3v) is 11.1. The standard InChI is InChI=1S/C29H34ClN3O6S2/c1-21-16-22(2)29(23(3)17-21)41(37,38)33(19-25-4-8-26(30)9-5-25)20-28(34)31-18-24-6-10-27(11-7-24)40(35,36)32-12-14-39-15-13-32/h4-11,16-17H,12-15,18-20H2,1-3H3,(H,31,34). The van der Waals surface area contributed by atoms with E-state index in [1.54, 1.807) is 50.2 Å². The first-order chi connectivity index (χ1) is 19.4. The smallest absolute Gasteiger partial charge is 0.244 e. The maximum Gasteiger partial charge on any atom is 0.244 e. The third-order valence-electron chi connectivity index (χ3n) is 6.82. The number of carbonyl (C=O) groups is 1. The second-order valence-electron chi connectivity index (χ2n) is 10.1. The van der Waals surface area contributed by atoms with Gasteiger partial charge in [-0.25, -0.2) is 16.8 Å². The van der Waals surface area contributed by atoms with Gasteiger partial charge in [-0.15, -0.1) is 0 Å². The summed E-state index contributed by atoms with van der Waals surface area (Å²) in [6.07, 6.45) is 0. The number of nitrogens with one attached hydrogen (secondary N) is 1. The molecule has 1 heterocycles. The summed E-state index contributed by atoms with van der Waals surface area (Å²) in [4.78, 5) is 13.4. The van der Waals surface area contributed by atoms with Crippen molar-refractivity contribution in [1.29, 1.82) is 0 Å². The predicted molar refractivity (Wildman–Crippen MR) is 158 cm³/mol. The van der Waals surface area contributed by atoms with Crippen molar-refractivity contribution in [3.05, 3.63) is 93.5 Å². The number of rotatable bonds is 10. The Morgan fingerprint density at radius 1 is 0.902 bits per heavy atom. The minimum absolute atomic E-state index is 0.0201. The lowest BCUT2D eigenvalue weighted by molar-refractivity contribution is -0.121. The van der Waals surface area contributed by atoms with Crippen molar-refractivity contribution in [3.8, 4) is 0 Å². The summed E-state index contributed by atoms with van der Waals surface area (Å²) in [6.45, 7) is 6.40. The number of halogens is 1. The molecular weight excluding hydrogens is 586 g/mol. The van der Waals surface area contributed by atoms with Gasteiger partial charge in [0.2, 0.25) is 26.0 Å². The van der Waals surface area contributed by atoms with Gasteiger partial charge in [-0.3, -0.25) is 4.79 Å². The Hall–Kier alpha value is -2.80. The average Bonchev–Trinajstić information content (AvgIpc) is 2.92. The lowest BCUT2D eigenvalue weighted by Gasteiger charge is -2.26. The third kappa shape index (κ3) is 7.54. The van der Waals surface area contributed by atoms with Gasteiger partial charge in [0.05, 0.1) is 29.5 Å². The predicted octanol–water partition coefficient (Wildman–Crippen LogP) is 3.79. The highest BCUT2D eigenvalue weighted by atomic mass is 35.5. The number of ether oxygens (including phenoxy) is 1. The Kier molecular flexibility index (Phi) is 9.89. The van der Waals surface area contributed by atoms with Crippen LogP contribution in [0.15, 0.2) is 70.5 Å². The highest BCUT2D eigenvalue weighted by molar-refractivity contribution is 7.89. The quantitative estimate of drug-likeness (QED) is 0.369. The van der Waals surface area contributed by atoms with E-state index in [4.69, 9.17) is 16.3 Å². The molecule has 1 fully saturated rings. The van der Waals surface area contributed by atoms with Crippen molar-refractivity contribution >= 4 is 37.6 Å². The van der Waals surface area contributed by atoms with E-state index in [9.17, 15) is 21.6 Å². The zero-order valence-corrected chi connectivity index (χ0v) is 25.7. The molecule has 1 saturated heterocycles. The molecule has 0 radical (unpaired) electrons. The zero-order valence-electron chi connectivity index (χ0n) is 23.3. The topological polar surface area (TPSA) is 113 Å². The molecule has 41 heavy (non-hydrogen) atoms. The van der Waals surface area contributed by atoms with Gasteiger partial charge >= 0.3 is 0 Å². The fraction of sp³-hybridized carbons (Fsp3) is 0.345. The van der Waals surface area contributed by atoms with Crippen LogP contribution in [-0.2, 0) is 42.7 Å². The van der Waals surface area contributed by atoms with E-state index in [2.05, 4.69) is 5.32 Å². The van der Waals surface area contributed by atoms with Crippen molar-refractivity contribution in [3.63, 3.8) is 0 Å². The first-order valence-corrected chi connectivity index (χ1v) is 16.4. The Balaban J connectivity index is 1.49. The summed E-state index contributed by atoms with van der Waals surface area (Å²) in [5.74, 6) is -0.491. The number of sulfonamides is 2. The normalized spacial score (nSPS) is 14.8. The first-order valence-electron chi connectivity index (χ1n) is 13.1. The Morgan fingerprint density at radius 2 is 1.46 bits per heavy atom. The highest BCUT2D eigenvalue weighted by Crippen LogP contribution is 2.27. The van der Waals surface area contributed by atoms with Crippen LogP contribution in [0.2, 0.25) is 5.02 Å². The van der Waals surface area contributed by atoms with Crippen LogP contribution in [0.1, 0.15) is 27.8 Å². The van der Waals surface area contributed by atoms with Crippen molar-refractivity contribution < 1.29 is 26.4 Å². The lowest BCUT2D eigenvalue weighted by atomic mass is 10.1. The number of aryl methyl sites for hydroxylation is 3. The molecule has 0 saturated carbocycles. The zero-order chi connectivity index (χ0) is 29.8. The molecule has 0 aliphatic carbocycles. The van der Waals surface area contributed by atoms with Crippen molar-refractivity contribution in [2.75, 3.05) is 32.8 Å². The summed E-state index contributed by atoms with van der Waals surface area (Å²) in [5, 5.41) is 3.29. The van der Waals surface area contributed by atoms with Crippen LogP contribution in [0.25, 0.3) is 0 Å². The number of amides is 1. The van der Waals surface area contributed by atoms with Crippen molar-refractivity contribution in [1.82, 2.24) is 13.9 Å². The van der Waals surface area contributed by atoms with E-state index in [1.807, 2.05) is 19.1 Å². The van der Waals surface area contributed by atoms with Gasteiger partial charge in [0.1, 0.15) is 0 Å². The second kappa shape index (κ2) is 13.0. The van der Waals surface area contributed by atoms with Gasteiger partial charge in [0.25, 0.3) is 0 Å². The van der Waals surface area contributed by atoms with Crippen LogP contribution in [0.3, 0.4) is 0 Å². The van der Waals surface area contributed by atoms with Crippen molar-refractivity contribution in [2.45, 2.75) is 43.7 Å². The number of hydrogen-bond donors (Lipinski definition) is 1. The molecule has 12 heteroatoms. The maximum atomic E-state index is 13.9. The van der Waals surface area contributed by atoms with Crippen LogP contribution in [-0.4, -0.2) is 64.2 Å². The molecule has 1 aliphatic rings. The minimum Gasteiger partial charge on any atom is -0.379 e. The second-order valence-corrected chi connectivity index (χ2v) is 14.3.